The van der Waals surface area contributed by atoms with E-state index >= 15 is 0 Å². The number of ether oxygens (including phenoxy) is 2. The second-order valence-electron chi connectivity index (χ2n) is 12.7. The van der Waals surface area contributed by atoms with Crippen LogP contribution in [0.3, 0.4) is 0 Å². The van der Waals surface area contributed by atoms with Gasteiger partial charge in [-0.05, 0) is 99.0 Å². The van der Waals surface area contributed by atoms with Crippen LogP contribution in [0.2, 0.25) is 0 Å². The number of benzene rings is 3. The molecular weight excluding hydrogens is 566 g/mol. The predicted molar refractivity (Wildman–Crippen MR) is 180 cm³/mol. The molecule has 0 bridgehead atoms. The van der Waals surface area contributed by atoms with Crippen LogP contribution < -0.4 is 15.1 Å². The molecule has 0 aliphatic heterocycles. The number of hydrogen-bond acceptors (Lipinski definition) is 6. The van der Waals surface area contributed by atoms with Crippen LogP contribution in [0.25, 0.3) is 17.2 Å². The first-order valence-electron chi connectivity index (χ1n) is 15.5. The molecule has 4 rings (SSSR count). The lowest BCUT2D eigenvalue weighted by Gasteiger charge is -2.33. The minimum Gasteiger partial charge on any atom is -0.466 e. The van der Waals surface area contributed by atoms with Gasteiger partial charge >= 0.3 is 12.1 Å². The van der Waals surface area contributed by atoms with Gasteiger partial charge < -0.3 is 24.6 Å². The predicted octanol–water partition coefficient (Wildman–Crippen LogP) is 7.22. The minimum absolute atomic E-state index is 0.0246. The Kier molecular flexibility index (Phi) is 11.0. The van der Waals surface area contributed by atoms with Gasteiger partial charge in [0.05, 0.1) is 13.7 Å². The third-order valence-electron chi connectivity index (χ3n) is 7.87. The summed E-state index contributed by atoms with van der Waals surface area (Å²) in [4.78, 5) is 42.0. The summed E-state index contributed by atoms with van der Waals surface area (Å²) in [5, 5.41) is 2.96. The molecule has 2 amide bonds. The van der Waals surface area contributed by atoms with Crippen LogP contribution in [0.5, 0.6) is 0 Å². The molecule has 0 saturated heterocycles. The monoisotopic (exact) mass is 611 g/mol. The highest BCUT2D eigenvalue weighted by molar-refractivity contribution is 5.95. The molecule has 45 heavy (non-hydrogen) atoms. The van der Waals surface area contributed by atoms with Gasteiger partial charge in [0.1, 0.15) is 5.60 Å². The first-order valence-corrected chi connectivity index (χ1v) is 15.5. The Morgan fingerprint density at radius 1 is 0.867 bits per heavy atom. The van der Waals surface area contributed by atoms with Crippen molar-refractivity contribution < 1.29 is 23.9 Å². The number of hydrogen-bond donors (Lipinski definition) is 1. The maximum absolute atomic E-state index is 14.1. The molecule has 8 heteroatoms. The number of amides is 2. The van der Waals surface area contributed by atoms with Gasteiger partial charge in [-0.3, -0.25) is 4.79 Å². The fraction of sp³-hybridized carbons (Fsp3) is 0.378. The number of esters is 1. The van der Waals surface area contributed by atoms with Crippen LogP contribution in [-0.2, 0) is 25.6 Å². The first-order chi connectivity index (χ1) is 21.4. The topological polar surface area (TPSA) is 88.2 Å². The average molecular weight is 612 g/mol. The Morgan fingerprint density at radius 3 is 2.07 bits per heavy atom. The summed E-state index contributed by atoms with van der Waals surface area (Å²) in [5.41, 5.74) is 5.36. The lowest BCUT2D eigenvalue weighted by atomic mass is 9.85. The largest absolute Gasteiger partial charge is 0.466 e. The van der Waals surface area contributed by atoms with Gasteiger partial charge in [0, 0.05) is 43.5 Å². The maximum atomic E-state index is 14.1. The first kappa shape index (κ1) is 33.3. The summed E-state index contributed by atoms with van der Waals surface area (Å²) in [7, 11) is 5.38. The van der Waals surface area contributed by atoms with Gasteiger partial charge in [-0.2, -0.15) is 0 Å². The van der Waals surface area contributed by atoms with E-state index in [0.29, 0.717) is 32.2 Å². The molecule has 1 aliphatic carbocycles. The zero-order valence-electron chi connectivity index (χ0n) is 27.2. The van der Waals surface area contributed by atoms with E-state index in [-0.39, 0.29) is 17.9 Å². The molecule has 0 spiro atoms. The van der Waals surface area contributed by atoms with Gasteiger partial charge in [-0.1, -0.05) is 48.5 Å². The fourth-order valence-electron chi connectivity index (χ4n) is 5.44. The third kappa shape index (κ3) is 9.70. The van der Waals surface area contributed by atoms with Crippen LogP contribution in [-0.4, -0.2) is 50.8 Å². The van der Waals surface area contributed by atoms with Crippen molar-refractivity contribution in [3.63, 3.8) is 0 Å². The SMILES string of the molecule is COC(=O)/C=C/c1cccc(N(Cc2ccc(-c3ccc(N(C)C)cc3)cc2)C(=O)C2CCC(NC(=O)OC(C)(C)C)CC2)c1. The smallest absolute Gasteiger partial charge is 0.407 e. The van der Waals surface area contributed by atoms with E-state index in [0.717, 1.165) is 33.6 Å². The van der Waals surface area contributed by atoms with Crippen molar-refractivity contribution in [1.82, 2.24) is 5.32 Å². The molecule has 1 fully saturated rings. The van der Waals surface area contributed by atoms with Crippen molar-refractivity contribution in [2.24, 2.45) is 5.92 Å². The molecule has 0 atom stereocenters. The molecular formula is C37H45N3O5. The van der Waals surface area contributed by atoms with Gasteiger partial charge in [0.25, 0.3) is 0 Å². The Morgan fingerprint density at radius 2 is 1.49 bits per heavy atom. The van der Waals surface area contributed by atoms with E-state index in [4.69, 9.17) is 9.47 Å². The zero-order valence-corrected chi connectivity index (χ0v) is 27.2. The van der Waals surface area contributed by atoms with Crippen molar-refractivity contribution >= 4 is 35.4 Å². The Hall–Kier alpha value is -4.59. The summed E-state index contributed by atoms with van der Waals surface area (Å²) in [5.74, 6) is -0.574. The number of rotatable bonds is 9. The van der Waals surface area contributed by atoms with Gasteiger partial charge in [-0.25, -0.2) is 9.59 Å². The van der Waals surface area contributed by atoms with E-state index in [1.807, 2.05) is 64.0 Å². The van der Waals surface area contributed by atoms with E-state index < -0.39 is 17.7 Å². The maximum Gasteiger partial charge on any atom is 0.407 e. The van der Waals surface area contributed by atoms with Crippen molar-refractivity contribution in [3.8, 4) is 11.1 Å². The summed E-state index contributed by atoms with van der Waals surface area (Å²) in [6.45, 7) is 5.92. The highest BCUT2D eigenvalue weighted by Gasteiger charge is 2.31. The second-order valence-corrected chi connectivity index (χ2v) is 12.7. The fourth-order valence-corrected chi connectivity index (χ4v) is 5.44. The number of anilines is 2. The Balaban J connectivity index is 1.52. The van der Waals surface area contributed by atoms with Crippen LogP contribution in [0.4, 0.5) is 16.2 Å². The molecule has 0 unspecified atom stereocenters. The van der Waals surface area contributed by atoms with Crippen LogP contribution in [0, 0.1) is 5.92 Å². The highest BCUT2D eigenvalue weighted by Crippen LogP contribution is 2.31. The summed E-state index contributed by atoms with van der Waals surface area (Å²) >= 11 is 0. The molecule has 0 heterocycles. The Labute approximate surface area is 267 Å². The molecule has 1 saturated carbocycles. The molecule has 3 aromatic rings. The van der Waals surface area contributed by atoms with E-state index in [1.165, 1.54) is 13.2 Å². The normalized spacial score (nSPS) is 16.6. The molecule has 1 aliphatic rings. The number of alkyl carbamates (subject to hydrolysis) is 1. The third-order valence-corrected chi connectivity index (χ3v) is 7.87. The lowest BCUT2D eigenvalue weighted by Crippen LogP contribution is -2.43. The number of nitrogens with one attached hydrogen (secondary N) is 1. The number of carbonyl (C=O) groups excluding carboxylic acids is 3. The van der Waals surface area contributed by atoms with Crippen molar-refractivity contribution in [2.75, 3.05) is 31.0 Å². The standard InChI is InChI=1S/C37H45N3O5/c1-37(2,3)45-36(43)38-31-19-15-30(16-20-31)35(42)40(33-9-7-8-26(24-33)12-23-34(41)44-6)25-27-10-13-28(14-11-27)29-17-21-32(22-18-29)39(4)5/h7-14,17-18,21-24,30-31H,15-16,19-20,25H2,1-6H3,(H,38,43)/b23-12+. The molecule has 1 N–H and O–H groups in total. The van der Waals surface area contributed by atoms with Crippen molar-refractivity contribution in [3.05, 3.63) is 90.0 Å². The quantitative estimate of drug-likeness (QED) is 0.203. The average Bonchev–Trinajstić information content (AvgIpc) is 3.02. The van der Waals surface area contributed by atoms with E-state index in [9.17, 15) is 14.4 Å². The van der Waals surface area contributed by atoms with E-state index in [2.05, 4.69) is 58.7 Å². The molecule has 0 radical (unpaired) electrons. The number of methoxy groups -OCH3 is 1. The number of nitrogens with zero attached hydrogens (tertiary/aromatic N) is 2. The van der Waals surface area contributed by atoms with Gasteiger partial charge in [0.15, 0.2) is 0 Å². The highest BCUT2D eigenvalue weighted by atomic mass is 16.6. The second kappa shape index (κ2) is 14.9. The zero-order chi connectivity index (χ0) is 32.6. The summed E-state index contributed by atoms with van der Waals surface area (Å²) in [6, 6.07) is 24.3. The summed E-state index contributed by atoms with van der Waals surface area (Å²) < 4.78 is 10.2. The lowest BCUT2D eigenvalue weighted by molar-refractivity contribution is -0.134. The van der Waals surface area contributed by atoms with Crippen LogP contribution in [0.1, 0.15) is 57.6 Å². The van der Waals surface area contributed by atoms with Gasteiger partial charge in [-0.15, -0.1) is 0 Å². The van der Waals surface area contributed by atoms with Crippen molar-refractivity contribution in [1.29, 1.82) is 0 Å². The number of carbonyl (C=O) groups is 3. The molecule has 238 valence electrons. The minimum atomic E-state index is -0.562. The summed E-state index contributed by atoms with van der Waals surface area (Å²) in [6.07, 6.45) is 5.36. The Bertz CT molecular complexity index is 1480. The molecule has 3 aromatic carbocycles. The van der Waals surface area contributed by atoms with E-state index in [1.54, 1.807) is 6.08 Å². The molecule has 0 aromatic heterocycles. The van der Waals surface area contributed by atoms with Crippen LogP contribution in [0.15, 0.2) is 78.9 Å². The van der Waals surface area contributed by atoms with Gasteiger partial charge in [0.2, 0.25) is 5.91 Å². The van der Waals surface area contributed by atoms with Crippen LogP contribution >= 0.6 is 0 Å². The molecule has 8 nitrogen and oxygen atoms in total. The van der Waals surface area contributed by atoms with Crippen molar-refractivity contribution in [2.45, 2.75) is 64.6 Å².